The van der Waals surface area contributed by atoms with Crippen LogP contribution in [0.4, 0.5) is 0 Å². The Balaban J connectivity index is 2.50. The van der Waals surface area contributed by atoms with Gasteiger partial charge in [0.15, 0.2) is 4.77 Å². The maximum Gasteiger partial charge on any atom is 0.192 e. The summed E-state index contributed by atoms with van der Waals surface area (Å²) < 4.78 is 0.617. The summed E-state index contributed by atoms with van der Waals surface area (Å²) in [7, 11) is 0. The quantitative estimate of drug-likeness (QED) is 0.657. The van der Waals surface area contributed by atoms with Crippen molar-refractivity contribution >= 4 is 12.2 Å². The summed E-state index contributed by atoms with van der Waals surface area (Å²) in [6.45, 7) is 2.15. The second kappa shape index (κ2) is 3.51. The molecule has 0 amide bonds. The number of hydrogen-bond donors (Lipinski definition) is 2. The van der Waals surface area contributed by atoms with Crippen LogP contribution in [0, 0.1) is 4.77 Å². The van der Waals surface area contributed by atoms with E-state index in [9.17, 15) is 0 Å². The first-order valence-corrected chi connectivity index (χ1v) is 3.87. The molecule has 0 radical (unpaired) electrons. The molecule has 0 aliphatic heterocycles. The third kappa shape index (κ3) is 1.95. The molecule has 0 aliphatic rings. The minimum atomic E-state index is 0.617. The molecule has 0 saturated carbocycles. The Morgan fingerprint density at radius 1 is 1.60 bits per heavy atom. The maximum atomic E-state index is 4.81. The third-order valence-corrected chi connectivity index (χ3v) is 1.51. The Morgan fingerprint density at radius 2 is 2.40 bits per heavy atom. The molecular weight excluding hydrogens is 146 g/mol. The number of rotatable bonds is 3. The first kappa shape index (κ1) is 7.47. The molecule has 0 aliphatic carbocycles. The lowest BCUT2D eigenvalue weighted by molar-refractivity contribution is 0.756. The zero-order valence-electron chi connectivity index (χ0n) is 5.98. The van der Waals surface area contributed by atoms with Gasteiger partial charge in [0.1, 0.15) is 5.82 Å². The summed E-state index contributed by atoms with van der Waals surface area (Å²) in [5.74, 6) is 0.965. The molecule has 56 valence electrons. The number of H-pyrrole nitrogens is 2. The SMILES string of the molecule is CCCCc1n[nH]c(=S)[nH]1. The molecule has 0 unspecified atom stereocenters. The van der Waals surface area contributed by atoms with Crippen LogP contribution in [0.3, 0.4) is 0 Å². The van der Waals surface area contributed by atoms with E-state index in [2.05, 4.69) is 22.1 Å². The first-order valence-electron chi connectivity index (χ1n) is 3.46. The van der Waals surface area contributed by atoms with Crippen LogP contribution in [-0.2, 0) is 6.42 Å². The van der Waals surface area contributed by atoms with Gasteiger partial charge in [-0.05, 0) is 18.6 Å². The number of aromatic nitrogens is 3. The van der Waals surface area contributed by atoms with E-state index in [1.807, 2.05) is 0 Å². The van der Waals surface area contributed by atoms with E-state index < -0.39 is 0 Å². The van der Waals surface area contributed by atoms with E-state index in [0.717, 1.165) is 18.7 Å². The van der Waals surface area contributed by atoms with Gasteiger partial charge < -0.3 is 4.98 Å². The van der Waals surface area contributed by atoms with Gasteiger partial charge in [-0.15, -0.1) is 0 Å². The van der Waals surface area contributed by atoms with E-state index in [1.165, 1.54) is 6.42 Å². The fourth-order valence-corrected chi connectivity index (χ4v) is 0.931. The highest BCUT2D eigenvalue weighted by molar-refractivity contribution is 7.71. The molecular formula is C6H11N3S. The van der Waals surface area contributed by atoms with Crippen LogP contribution < -0.4 is 0 Å². The van der Waals surface area contributed by atoms with Gasteiger partial charge in [-0.25, -0.2) is 0 Å². The fourth-order valence-electron chi connectivity index (χ4n) is 0.768. The molecule has 2 N–H and O–H groups in total. The van der Waals surface area contributed by atoms with Crippen molar-refractivity contribution in [3.63, 3.8) is 0 Å². The molecule has 1 aromatic rings. The van der Waals surface area contributed by atoms with Crippen molar-refractivity contribution in [1.29, 1.82) is 0 Å². The number of hydrogen-bond acceptors (Lipinski definition) is 2. The van der Waals surface area contributed by atoms with E-state index in [4.69, 9.17) is 12.2 Å². The second-order valence-corrected chi connectivity index (χ2v) is 2.64. The average Bonchev–Trinajstić information content (AvgIpc) is 2.31. The molecule has 10 heavy (non-hydrogen) atoms. The minimum Gasteiger partial charge on any atom is -0.318 e. The summed E-state index contributed by atoms with van der Waals surface area (Å²) >= 11 is 4.81. The van der Waals surface area contributed by atoms with Crippen LogP contribution in [0.2, 0.25) is 0 Å². The van der Waals surface area contributed by atoms with Crippen molar-refractivity contribution in [3.05, 3.63) is 10.6 Å². The molecule has 0 aromatic carbocycles. The van der Waals surface area contributed by atoms with Crippen LogP contribution >= 0.6 is 12.2 Å². The van der Waals surface area contributed by atoms with Crippen molar-refractivity contribution < 1.29 is 0 Å². The van der Waals surface area contributed by atoms with Gasteiger partial charge in [-0.2, -0.15) is 5.10 Å². The van der Waals surface area contributed by atoms with Gasteiger partial charge in [0.2, 0.25) is 0 Å². The Hall–Kier alpha value is -0.640. The van der Waals surface area contributed by atoms with Gasteiger partial charge in [0.05, 0.1) is 0 Å². The van der Waals surface area contributed by atoms with Gasteiger partial charge in [-0.3, -0.25) is 5.10 Å². The molecule has 0 atom stereocenters. The maximum absolute atomic E-state index is 4.81. The predicted octanol–water partition coefficient (Wildman–Crippen LogP) is 1.81. The highest BCUT2D eigenvalue weighted by Gasteiger charge is 1.93. The molecule has 1 rings (SSSR count). The predicted molar refractivity (Wildman–Crippen MR) is 42.4 cm³/mol. The molecule has 0 saturated heterocycles. The summed E-state index contributed by atoms with van der Waals surface area (Å²) in [6, 6.07) is 0. The van der Waals surface area contributed by atoms with Crippen molar-refractivity contribution in [2.24, 2.45) is 0 Å². The van der Waals surface area contributed by atoms with Crippen molar-refractivity contribution in [2.45, 2.75) is 26.2 Å². The van der Waals surface area contributed by atoms with Gasteiger partial charge in [-0.1, -0.05) is 13.3 Å². The Morgan fingerprint density at radius 3 is 2.90 bits per heavy atom. The number of aromatic amines is 2. The monoisotopic (exact) mass is 157 g/mol. The first-order chi connectivity index (χ1) is 4.83. The molecule has 0 fully saturated rings. The average molecular weight is 157 g/mol. The number of nitrogens with zero attached hydrogens (tertiary/aromatic N) is 1. The van der Waals surface area contributed by atoms with E-state index in [1.54, 1.807) is 0 Å². The summed E-state index contributed by atoms with van der Waals surface area (Å²) in [4.78, 5) is 2.96. The lowest BCUT2D eigenvalue weighted by Gasteiger charge is -1.89. The van der Waals surface area contributed by atoms with Crippen molar-refractivity contribution in [1.82, 2.24) is 15.2 Å². The zero-order chi connectivity index (χ0) is 7.40. The smallest absolute Gasteiger partial charge is 0.192 e. The number of aryl methyl sites for hydroxylation is 1. The number of nitrogens with one attached hydrogen (secondary N) is 2. The Bertz CT molecular complexity index is 237. The van der Waals surface area contributed by atoms with Gasteiger partial charge in [0.25, 0.3) is 0 Å². The molecule has 1 heterocycles. The largest absolute Gasteiger partial charge is 0.318 e. The lowest BCUT2D eigenvalue weighted by atomic mass is 10.2. The zero-order valence-corrected chi connectivity index (χ0v) is 6.79. The minimum absolute atomic E-state index is 0.617. The Kier molecular flexibility index (Phi) is 2.62. The van der Waals surface area contributed by atoms with Crippen molar-refractivity contribution in [2.75, 3.05) is 0 Å². The molecule has 0 bridgehead atoms. The normalized spacial score (nSPS) is 10.1. The standard InChI is InChI=1S/C6H11N3S/c1-2-3-4-5-7-6(10)9-8-5/h2-4H2,1H3,(H2,7,8,9,10). The topological polar surface area (TPSA) is 44.5 Å². The number of unbranched alkanes of at least 4 members (excludes halogenated alkanes) is 1. The highest BCUT2D eigenvalue weighted by Crippen LogP contribution is 1.96. The molecule has 3 nitrogen and oxygen atoms in total. The van der Waals surface area contributed by atoms with E-state index >= 15 is 0 Å². The second-order valence-electron chi connectivity index (χ2n) is 2.23. The molecule has 4 heteroatoms. The Labute approximate surface area is 64.9 Å². The van der Waals surface area contributed by atoms with E-state index in [-0.39, 0.29) is 0 Å². The third-order valence-electron chi connectivity index (χ3n) is 1.32. The van der Waals surface area contributed by atoms with Gasteiger partial charge in [0, 0.05) is 6.42 Å². The highest BCUT2D eigenvalue weighted by atomic mass is 32.1. The fraction of sp³-hybridized carbons (Fsp3) is 0.667. The molecule has 0 spiro atoms. The van der Waals surface area contributed by atoms with Crippen LogP contribution in [-0.4, -0.2) is 15.2 Å². The summed E-state index contributed by atoms with van der Waals surface area (Å²) in [6.07, 6.45) is 3.34. The summed E-state index contributed by atoms with van der Waals surface area (Å²) in [5, 5.41) is 6.66. The van der Waals surface area contributed by atoms with Crippen LogP contribution in [0.5, 0.6) is 0 Å². The van der Waals surface area contributed by atoms with Crippen molar-refractivity contribution in [3.8, 4) is 0 Å². The van der Waals surface area contributed by atoms with Crippen LogP contribution in [0.15, 0.2) is 0 Å². The lowest BCUT2D eigenvalue weighted by Crippen LogP contribution is -1.86. The van der Waals surface area contributed by atoms with Crippen LogP contribution in [0.25, 0.3) is 0 Å². The van der Waals surface area contributed by atoms with Gasteiger partial charge >= 0.3 is 0 Å². The summed E-state index contributed by atoms with van der Waals surface area (Å²) in [5.41, 5.74) is 0. The molecule has 1 aromatic heterocycles. The van der Waals surface area contributed by atoms with E-state index in [0.29, 0.717) is 4.77 Å². The van der Waals surface area contributed by atoms with Crippen LogP contribution in [0.1, 0.15) is 25.6 Å².